The van der Waals surface area contributed by atoms with Gasteiger partial charge in [-0.2, -0.15) is 0 Å². The van der Waals surface area contributed by atoms with Crippen LogP contribution in [0.4, 0.5) is 4.79 Å². The number of amides is 3. The molecule has 9 rings (SSSR count). The number of aliphatic imine (C=N–C) groups is 1. The van der Waals surface area contributed by atoms with Gasteiger partial charge in [0.1, 0.15) is 18.1 Å². The normalized spacial score (nSPS) is 20.0. The van der Waals surface area contributed by atoms with Gasteiger partial charge in [-0.25, -0.2) is 14.6 Å². The third-order valence-electron chi connectivity index (χ3n) is 10.6. The number of urea groups is 1. The molecule has 1 fully saturated rings. The van der Waals surface area contributed by atoms with Crippen LogP contribution in [-0.4, -0.2) is 72.0 Å². The van der Waals surface area contributed by atoms with Gasteiger partial charge in [0.25, 0.3) is 5.91 Å². The van der Waals surface area contributed by atoms with E-state index in [-0.39, 0.29) is 29.6 Å². The lowest BCUT2D eigenvalue weighted by molar-refractivity contribution is -0.139. The average Bonchev–Trinajstić information content (AvgIpc) is 3.83. The minimum absolute atomic E-state index is 0.102. The number of benzene rings is 4. The number of H-pyrrole nitrogens is 2. The van der Waals surface area contributed by atoms with Crippen LogP contribution in [-0.2, 0) is 27.2 Å². The Kier molecular flexibility index (Phi) is 10.5. The van der Waals surface area contributed by atoms with E-state index >= 15 is 0 Å². The molecule has 6 aromatic rings. The largest absolute Gasteiger partial charge is 0.480 e. The second-order valence-electron chi connectivity index (χ2n) is 16.7. The number of para-hydroxylation sites is 2. The highest BCUT2D eigenvalue weighted by atomic mass is 16.4. The van der Waals surface area contributed by atoms with Gasteiger partial charge in [-0.15, -0.1) is 0 Å². The zero-order chi connectivity index (χ0) is 40.6. The first-order valence-electron chi connectivity index (χ1n) is 19.2. The Bertz CT molecular complexity index is 2490. The lowest BCUT2D eigenvalue weighted by atomic mass is 9.89. The summed E-state index contributed by atoms with van der Waals surface area (Å²) in [5.74, 6) is -0.911. The van der Waals surface area contributed by atoms with Crippen molar-refractivity contribution in [2.24, 2.45) is 4.99 Å². The Labute approximate surface area is 331 Å². The van der Waals surface area contributed by atoms with Crippen LogP contribution in [0.25, 0.3) is 21.8 Å². The van der Waals surface area contributed by atoms with Gasteiger partial charge in [0, 0.05) is 51.6 Å². The molecule has 0 spiro atoms. The molecule has 5 heterocycles. The number of rotatable bonds is 3. The molecule has 0 aliphatic carbocycles. The first-order valence-corrected chi connectivity index (χ1v) is 19.2. The summed E-state index contributed by atoms with van der Waals surface area (Å²) in [6.07, 6.45) is 2.52. The number of aromatic amines is 2. The van der Waals surface area contributed by atoms with Crippen molar-refractivity contribution in [1.29, 1.82) is 0 Å². The fraction of sp³-hybridized carbons (Fsp3) is 0.304. The van der Waals surface area contributed by atoms with E-state index in [0.29, 0.717) is 12.8 Å². The molecule has 0 radical (unpaired) electrons. The Morgan fingerprint density at radius 2 is 1.23 bits per heavy atom. The molecule has 4 N–H and O–H groups in total. The second kappa shape index (κ2) is 15.3. The van der Waals surface area contributed by atoms with E-state index in [1.807, 2.05) is 139 Å². The predicted octanol–water partition coefficient (Wildman–Crippen LogP) is 8.22. The van der Waals surface area contributed by atoms with Crippen molar-refractivity contribution < 1.29 is 24.3 Å². The smallest absolute Gasteiger partial charge is 0.328 e. The molecule has 3 aliphatic rings. The van der Waals surface area contributed by atoms with Gasteiger partial charge in [0.2, 0.25) is 6.08 Å². The number of aliphatic carboxylic acids is 1. The van der Waals surface area contributed by atoms with Crippen LogP contribution in [0.1, 0.15) is 87.3 Å². The number of carbonyl (C=O) groups excluding carboxylic acids is 3. The Balaban J connectivity index is 0.000000153. The maximum atomic E-state index is 13.4. The summed E-state index contributed by atoms with van der Waals surface area (Å²) in [5, 5.41) is 15.0. The molecule has 0 saturated carbocycles. The van der Waals surface area contributed by atoms with Crippen LogP contribution >= 0.6 is 0 Å². The molecule has 4 unspecified atom stereocenters. The molecule has 4 atom stereocenters. The van der Waals surface area contributed by atoms with Crippen molar-refractivity contribution in [1.82, 2.24) is 25.1 Å². The van der Waals surface area contributed by atoms with E-state index in [0.717, 1.165) is 55.4 Å². The Morgan fingerprint density at radius 3 is 1.74 bits per heavy atom. The van der Waals surface area contributed by atoms with Crippen molar-refractivity contribution in [3.05, 3.63) is 143 Å². The van der Waals surface area contributed by atoms with Crippen molar-refractivity contribution >= 4 is 45.8 Å². The molecule has 3 aliphatic heterocycles. The Morgan fingerprint density at radius 1 is 0.719 bits per heavy atom. The van der Waals surface area contributed by atoms with Crippen LogP contribution in [0.3, 0.4) is 0 Å². The van der Waals surface area contributed by atoms with E-state index in [1.165, 1.54) is 11.0 Å². The van der Waals surface area contributed by atoms with Crippen molar-refractivity contribution in [3.8, 4) is 0 Å². The summed E-state index contributed by atoms with van der Waals surface area (Å²) in [7, 11) is 0. The summed E-state index contributed by atoms with van der Waals surface area (Å²) in [4.78, 5) is 61.4. The fourth-order valence-corrected chi connectivity index (χ4v) is 8.11. The van der Waals surface area contributed by atoms with Crippen LogP contribution < -0.4 is 5.32 Å². The monoisotopic (exact) mass is 764 g/mol. The highest BCUT2D eigenvalue weighted by molar-refractivity contribution is 6.06. The highest BCUT2D eigenvalue weighted by Gasteiger charge is 2.55. The second-order valence-corrected chi connectivity index (χ2v) is 16.7. The third kappa shape index (κ3) is 7.64. The molecular formula is C46H48N6O5. The fourth-order valence-electron chi connectivity index (χ4n) is 8.11. The summed E-state index contributed by atoms with van der Waals surface area (Å²) in [5.41, 5.74) is 7.72. The molecule has 57 heavy (non-hydrogen) atoms. The van der Waals surface area contributed by atoms with Gasteiger partial charge in [0.05, 0.1) is 11.6 Å². The first-order chi connectivity index (χ1) is 27.2. The van der Waals surface area contributed by atoms with Gasteiger partial charge in [-0.05, 0) is 75.9 Å². The number of imide groups is 1. The van der Waals surface area contributed by atoms with Crippen LogP contribution in [0, 0.1) is 0 Å². The lowest BCUT2D eigenvalue weighted by Crippen LogP contribution is -2.46. The van der Waals surface area contributed by atoms with E-state index in [1.54, 1.807) is 4.90 Å². The molecular weight excluding hydrogens is 717 g/mol. The number of hydrogen-bond acceptors (Lipinski definition) is 6. The summed E-state index contributed by atoms with van der Waals surface area (Å²) >= 11 is 0. The zero-order valence-electron chi connectivity index (χ0n) is 33.0. The van der Waals surface area contributed by atoms with Crippen LogP contribution in [0.5, 0.6) is 0 Å². The van der Waals surface area contributed by atoms with Crippen LogP contribution in [0.2, 0.25) is 0 Å². The SMILES string of the molecule is CC(C)(C)N1C(=O)C2Cc3c([nH]c4ccccc34)C(c3ccccc3)N2C1=O.CC(C)(C)N=C=O.O=C(O)C1Cc2c([nH]c3ccccc23)C(c2ccccc2)N1. The quantitative estimate of drug-likeness (QED) is 0.0810. The maximum absolute atomic E-state index is 13.4. The van der Waals surface area contributed by atoms with E-state index in [9.17, 15) is 24.3 Å². The number of hydrogen-bond donors (Lipinski definition) is 4. The zero-order valence-corrected chi connectivity index (χ0v) is 33.0. The first kappa shape index (κ1) is 39.0. The standard InChI is InChI=1S/C23H23N3O2.C18H16N2O2.C5H9NO/c1-23(2,3)26-21(27)18-13-16-15-11-7-8-12-17(15)24-19(16)20(25(18)22(26)28)14-9-5-4-6-10-14;21-18(22)15-10-13-12-8-4-5-9-14(12)19-17(13)16(20-15)11-6-2-1-3-7-11;1-5(2,3)6-4-7/h4-12,18,20,24H,13H2,1-3H3;1-9,15-16,19-20H,10H2,(H,21,22);1-3H3. The highest BCUT2D eigenvalue weighted by Crippen LogP contribution is 2.45. The number of nitrogens with zero attached hydrogens (tertiary/aromatic N) is 3. The van der Waals surface area contributed by atoms with Crippen molar-refractivity contribution in [2.75, 3.05) is 0 Å². The van der Waals surface area contributed by atoms with Gasteiger partial charge >= 0.3 is 12.0 Å². The number of nitrogens with one attached hydrogen (secondary N) is 3. The van der Waals surface area contributed by atoms with E-state index < -0.39 is 23.6 Å². The molecule has 11 nitrogen and oxygen atoms in total. The molecule has 4 aromatic carbocycles. The van der Waals surface area contributed by atoms with E-state index in [4.69, 9.17) is 0 Å². The topological polar surface area (TPSA) is 151 Å². The third-order valence-corrected chi connectivity index (χ3v) is 10.6. The van der Waals surface area contributed by atoms with Gasteiger partial charge < -0.3 is 15.1 Å². The van der Waals surface area contributed by atoms with Crippen molar-refractivity contribution in [3.63, 3.8) is 0 Å². The number of fused-ring (bicyclic) bond motifs is 7. The lowest BCUT2D eigenvalue weighted by Gasteiger charge is -2.36. The molecule has 3 amide bonds. The number of carbonyl (C=O) groups is 3. The van der Waals surface area contributed by atoms with Gasteiger partial charge in [-0.3, -0.25) is 24.7 Å². The number of isocyanates is 1. The summed E-state index contributed by atoms with van der Waals surface area (Å²) in [6.45, 7) is 11.3. The summed E-state index contributed by atoms with van der Waals surface area (Å²) < 4.78 is 0. The summed E-state index contributed by atoms with van der Waals surface area (Å²) in [6, 6.07) is 34.5. The number of carboxylic acids is 1. The van der Waals surface area contributed by atoms with Gasteiger partial charge in [0.15, 0.2) is 0 Å². The minimum Gasteiger partial charge on any atom is -0.480 e. The minimum atomic E-state index is -0.808. The molecule has 1 saturated heterocycles. The number of carboxylic acid groups (broad SMARTS) is 1. The maximum Gasteiger partial charge on any atom is 0.328 e. The Hall–Kier alpha value is -6.29. The molecule has 11 heteroatoms. The predicted molar refractivity (Wildman–Crippen MR) is 221 cm³/mol. The van der Waals surface area contributed by atoms with E-state index in [2.05, 4.69) is 32.4 Å². The molecule has 292 valence electrons. The molecule has 2 aromatic heterocycles. The van der Waals surface area contributed by atoms with Crippen LogP contribution in [0.15, 0.2) is 114 Å². The average molecular weight is 765 g/mol. The van der Waals surface area contributed by atoms with Gasteiger partial charge in [-0.1, -0.05) is 97.1 Å². The van der Waals surface area contributed by atoms with Crippen molar-refractivity contribution in [2.45, 2.75) is 89.6 Å². The molecule has 0 bridgehead atoms. The number of aromatic nitrogens is 2.